The van der Waals surface area contributed by atoms with E-state index in [-0.39, 0.29) is 12.2 Å². The second-order valence-electron chi connectivity index (χ2n) is 8.26. The molecule has 0 fully saturated rings. The third kappa shape index (κ3) is 5.14. The first-order chi connectivity index (χ1) is 18.0. The van der Waals surface area contributed by atoms with Crippen LogP contribution in [0.2, 0.25) is 0 Å². The summed E-state index contributed by atoms with van der Waals surface area (Å²) in [4.78, 5) is 33.8. The van der Waals surface area contributed by atoms with Gasteiger partial charge >= 0.3 is 5.97 Å². The summed E-state index contributed by atoms with van der Waals surface area (Å²) in [5.74, 6) is -0.480. The van der Waals surface area contributed by atoms with Crippen molar-refractivity contribution in [3.63, 3.8) is 0 Å². The van der Waals surface area contributed by atoms with Crippen molar-refractivity contribution in [1.29, 1.82) is 0 Å². The summed E-state index contributed by atoms with van der Waals surface area (Å²) >= 11 is 6.41. The van der Waals surface area contributed by atoms with Crippen LogP contribution in [0.3, 0.4) is 0 Å². The minimum atomic E-state index is -0.673. The number of fused-ring (bicyclic) bond motifs is 1. The van der Waals surface area contributed by atoms with Gasteiger partial charge in [-0.25, -0.2) is 9.79 Å². The third-order valence-corrected chi connectivity index (χ3v) is 8.23. The number of halogens is 1. The van der Waals surface area contributed by atoms with Crippen molar-refractivity contribution in [3.8, 4) is 0 Å². The predicted molar refractivity (Wildman–Crippen MR) is 153 cm³/mol. The summed E-state index contributed by atoms with van der Waals surface area (Å²) < 4.78 is 8.65. The molecule has 5 rings (SSSR count). The number of ether oxygens (including phenoxy) is 1. The van der Waals surface area contributed by atoms with Gasteiger partial charge in [0, 0.05) is 14.9 Å². The van der Waals surface area contributed by atoms with E-state index in [4.69, 9.17) is 9.73 Å². The number of rotatable bonds is 6. The van der Waals surface area contributed by atoms with E-state index in [2.05, 4.69) is 15.9 Å². The van der Waals surface area contributed by atoms with Gasteiger partial charge in [-0.1, -0.05) is 81.9 Å². The van der Waals surface area contributed by atoms with Crippen LogP contribution in [0.25, 0.3) is 11.8 Å². The van der Waals surface area contributed by atoms with Gasteiger partial charge in [-0.3, -0.25) is 9.36 Å². The quantitative estimate of drug-likeness (QED) is 0.222. The Morgan fingerprint density at radius 2 is 1.78 bits per heavy atom. The number of hydrogen-bond acceptors (Lipinski definition) is 6. The van der Waals surface area contributed by atoms with Crippen molar-refractivity contribution in [2.45, 2.75) is 17.9 Å². The lowest BCUT2D eigenvalue weighted by Gasteiger charge is -2.26. The minimum absolute atomic E-state index is 0.195. The zero-order chi connectivity index (χ0) is 25.9. The van der Waals surface area contributed by atoms with Gasteiger partial charge in [0.05, 0.1) is 28.5 Å². The molecule has 0 N–H and O–H groups in total. The van der Waals surface area contributed by atoms with E-state index in [1.807, 2.05) is 91.2 Å². The molecule has 0 saturated heterocycles. The van der Waals surface area contributed by atoms with Gasteiger partial charge < -0.3 is 4.74 Å². The monoisotopic (exact) mass is 590 g/mol. The van der Waals surface area contributed by atoms with Crippen LogP contribution in [0.5, 0.6) is 0 Å². The minimum Gasteiger partial charge on any atom is -0.463 e. The first-order valence-electron chi connectivity index (χ1n) is 11.7. The third-order valence-electron chi connectivity index (χ3n) is 5.97. The molecule has 186 valence electrons. The molecular formula is C29H23BrN2O3S2. The standard InChI is InChI=1S/C29H23BrN2O3S2/c1-3-35-28(34)24-25(19-7-5-4-6-8-19)31-29-32(26(24)20-11-15-22(36-2)16-12-20)27(33)23(37-29)17-18-9-13-21(30)14-10-18/h4-17,26H,3H2,1-2H3/b23-17-/t26-/m0/s1. The van der Waals surface area contributed by atoms with E-state index in [1.165, 1.54) is 11.3 Å². The lowest BCUT2D eigenvalue weighted by molar-refractivity contribution is -0.138. The number of nitrogens with zero attached hydrogens (tertiary/aromatic N) is 2. The molecule has 4 aromatic rings. The molecule has 3 aromatic carbocycles. The SMILES string of the molecule is CCOC(=O)C1=C(c2ccccc2)N=c2s/c(=C\c3ccc(Br)cc3)c(=O)n2[C@H]1c1ccc(SC)cc1. The van der Waals surface area contributed by atoms with Gasteiger partial charge in [0.15, 0.2) is 4.80 Å². The Hall–Kier alpha value is -3.20. The predicted octanol–water partition coefficient (Wildman–Crippen LogP) is 5.42. The lowest BCUT2D eigenvalue weighted by Crippen LogP contribution is -2.40. The fourth-order valence-corrected chi connectivity index (χ4v) is 5.93. The van der Waals surface area contributed by atoms with E-state index >= 15 is 0 Å². The molecule has 5 nitrogen and oxygen atoms in total. The summed E-state index contributed by atoms with van der Waals surface area (Å²) in [5.41, 5.74) is 3.20. The molecule has 1 aliphatic rings. The van der Waals surface area contributed by atoms with Gasteiger partial charge in [-0.2, -0.15) is 0 Å². The average Bonchev–Trinajstić information content (AvgIpc) is 3.24. The van der Waals surface area contributed by atoms with Crippen molar-refractivity contribution < 1.29 is 9.53 Å². The topological polar surface area (TPSA) is 60.7 Å². The molecule has 2 heterocycles. The Kier molecular flexibility index (Phi) is 7.60. The number of hydrogen-bond donors (Lipinski definition) is 0. The van der Waals surface area contributed by atoms with Gasteiger partial charge in [-0.05, 0) is 54.6 Å². The van der Waals surface area contributed by atoms with Crippen LogP contribution < -0.4 is 14.9 Å². The van der Waals surface area contributed by atoms with Crippen LogP contribution in [-0.2, 0) is 9.53 Å². The van der Waals surface area contributed by atoms with Crippen molar-refractivity contribution in [1.82, 2.24) is 4.57 Å². The second-order valence-corrected chi connectivity index (χ2v) is 11.1. The average molecular weight is 592 g/mol. The molecule has 0 spiro atoms. The Bertz CT molecular complexity index is 1660. The molecular weight excluding hydrogens is 568 g/mol. The fourth-order valence-electron chi connectivity index (χ4n) is 4.25. The smallest absolute Gasteiger partial charge is 0.338 e. The van der Waals surface area contributed by atoms with Crippen LogP contribution >= 0.6 is 39.0 Å². The maximum Gasteiger partial charge on any atom is 0.338 e. The molecule has 8 heteroatoms. The molecule has 1 atom stereocenters. The summed E-state index contributed by atoms with van der Waals surface area (Å²) in [7, 11) is 0. The van der Waals surface area contributed by atoms with Crippen LogP contribution in [0, 0.1) is 0 Å². The first kappa shape index (κ1) is 25.4. The van der Waals surface area contributed by atoms with Gasteiger partial charge in [-0.15, -0.1) is 11.8 Å². The van der Waals surface area contributed by atoms with E-state index < -0.39 is 12.0 Å². The van der Waals surface area contributed by atoms with Gasteiger partial charge in [0.1, 0.15) is 0 Å². The first-order valence-corrected chi connectivity index (χ1v) is 14.5. The number of aromatic nitrogens is 1. The summed E-state index contributed by atoms with van der Waals surface area (Å²) in [6.45, 7) is 1.99. The molecule has 0 saturated carbocycles. The molecule has 0 radical (unpaired) electrons. The zero-order valence-electron chi connectivity index (χ0n) is 20.2. The number of benzene rings is 3. The molecule has 0 amide bonds. The number of thiazole rings is 1. The summed E-state index contributed by atoms with van der Waals surface area (Å²) in [6.07, 6.45) is 3.87. The lowest BCUT2D eigenvalue weighted by atomic mass is 9.93. The van der Waals surface area contributed by atoms with E-state index in [1.54, 1.807) is 23.3 Å². The molecule has 0 bridgehead atoms. The molecule has 0 unspecified atom stereocenters. The number of carbonyl (C=O) groups is 1. The van der Waals surface area contributed by atoms with Crippen LogP contribution in [-0.4, -0.2) is 23.4 Å². The van der Waals surface area contributed by atoms with E-state index in [0.717, 1.165) is 26.1 Å². The normalized spacial score (nSPS) is 15.3. The van der Waals surface area contributed by atoms with Crippen molar-refractivity contribution in [2.24, 2.45) is 4.99 Å². The molecule has 1 aliphatic heterocycles. The van der Waals surface area contributed by atoms with Crippen LogP contribution in [0.1, 0.15) is 29.7 Å². The van der Waals surface area contributed by atoms with Crippen molar-refractivity contribution in [3.05, 3.63) is 125 Å². The van der Waals surface area contributed by atoms with Crippen molar-refractivity contribution >= 4 is 56.8 Å². The van der Waals surface area contributed by atoms with Gasteiger partial charge in [0.2, 0.25) is 0 Å². The number of carbonyl (C=O) groups excluding carboxylic acids is 1. The molecule has 1 aromatic heterocycles. The van der Waals surface area contributed by atoms with Crippen LogP contribution in [0.4, 0.5) is 0 Å². The van der Waals surface area contributed by atoms with E-state index in [9.17, 15) is 9.59 Å². The largest absolute Gasteiger partial charge is 0.463 e. The Labute approximate surface area is 231 Å². The van der Waals surface area contributed by atoms with E-state index in [0.29, 0.717) is 20.6 Å². The maximum absolute atomic E-state index is 13.9. The molecule has 37 heavy (non-hydrogen) atoms. The number of thioether (sulfide) groups is 1. The molecule has 0 aliphatic carbocycles. The Morgan fingerprint density at radius 1 is 1.08 bits per heavy atom. The zero-order valence-corrected chi connectivity index (χ0v) is 23.4. The maximum atomic E-state index is 13.9. The highest BCUT2D eigenvalue weighted by atomic mass is 79.9. The summed E-state index contributed by atoms with van der Waals surface area (Å²) in [5, 5.41) is 0. The highest BCUT2D eigenvalue weighted by Gasteiger charge is 2.35. The second kappa shape index (κ2) is 11.0. The Balaban J connectivity index is 1.81. The highest BCUT2D eigenvalue weighted by Crippen LogP contribution is 2.35. The number of esters is 1. The van der Waals surface area contributed by atoms with Crippen molar-refractivity contribution in [2.75, 3.05) is 12.9 Å². The van der Waals surface area contributed by atoms with Crippen LogP contribution in [0.15, 0.2) is 104 Å². The highest BCUT2D eigenvalue weighted by molar-refractivity contribution is 9.10. The Morgan fingerprint density at radius 3 is 2.43 bits per heavy atom. The van der Waals surface area contributed by atoms with Gasteiger partial charge in [0.25, 0.3) is 5.56 Å². The summed E-state index contributed by atoms with van der Waals surface area (Å²) in [6, 6.07) is 24.6. The fraction of sp³-hybridized carbons (Fsp3) is 0.138.